The van der Waals surface area contributed by atoms with Crippen molar-refractivity contribution in [2.75, 3.05) is 0 Å². The summed E-state index contributed by atoms with van der Waals surface area (Å²) in [4.78, 5) is 35.5. The Kier molecular flexibility index (Phi) is 5.53. The van der Waals surface area contributed by atoms with E-state index in [9.17, 15) is 14.7 Å². The normalized spacial score (nSPS) is 18.1. The minimum Gasteiger partial charge on any atom is -0.507 e. The van der Waals surface area contributed by atoms with Crippen molar-refractivity contribution in [3.63, 3.8) is 0 Å². The fraction of sp³-hybridized carbons (Fsp3) is 0.0909. The second kappa shape index (κ2) is 8.26. The molecule has 3 aromatic rings. The van der Waals surface area contributed by atoms with Crippen LogP contribution in [0.4, 0.5) is 0 Å². The van der Waals surface area contributed by atoms with Gasteiger partial charge in [-0.25, -0.2) is 0 Å². The zero-order valence-electron chi connectivity index (χ0n) is 15.5. The maximum atomic E-state index is 13.0. The van der Waals surface area contributed by atoms with Gasteiger partial charge in [-0.1, -0.05) is 29.3 Å². The number of aliphatic hydroxyl groups excluding tert-OH is 1. The van der Waals surface area contributed by atoms with E-state index in [1.807, 2.05) is 0 Å². The van der Waals surface area contributed by atoms with Gasteiger partial charge in [0.2, 0.25) is 0 Å². The van der Waals surface area contributed by atoms with Crippen LogP contribution in [-0.2, 0) is 16.1 Å². The van der Waals surface area contributed by atoms with Gasteiger partial charge in [0.1, 0.15) is 5.76 Å². The average molecular weight is 440 g/mol. The first-order valence-electron chi connectivity index (χ1n) is 9.01. The van der Waals surface area contributed by atoms with Crippen LogP contribution < -0.4 is 0 Å². The van der Waals surface area contributed by atoms with Crippen LogP contribution >= 0.6 is 23.2 Å². The van der Waals surface area contributed by atoms with Crippen LogP contribution in [0.2, 0.25) is 10.0 Å². The third kappa shape index (κ3) is 3.67. The Balaban J connectivity index is 1.86. The third-order valence-electron chi connectivity index (χ3n) is 4.81. The lowest BCUT2D eigenvalue weighted by atomic mass is 9.96. The van der Waals surface area contributed by atoms with Gasteiger partial charge >= 0.3 is 0 Å². The van der Waals surface area contributed by atoms with Crippen LogP contribution in [0.5, 0.6) is 0 Å². The lowest BCUT2D eigenvalue weighted by Crippen LogP contribution is -2.29. The summed E-state index contributed by atoms with van der Waals surface area (Å²) < 4.78 is 0. The molecule has 30 heavy (non-hydrogen) atoms. The molecule has 1 N–H and O–H groups in total. The number of halogens is 2. The number of nitrogens with zero attached hydrogens (tertiary/aromatic N) is 3. The first-order chi connectivity index (χ1) is 14.5. The molecule has 0 radical (unpaired) electrons. The summed E-state index contributed by atoms with van der Waals surface area (Å²) in [7, 11) is 0. The topological polar surface area (TPSA) is 83.4 Å². The summed E-state index contributed by atoms with van der Waals surface area (Å²) in [6.07, 6.45) is 4.74. The highest BCUT2D eigenvalue weighted by Crippen LogP contribution is 2.40. The number of ketones is 1. The van der Waals surface area contributed by atoms with E-state index in [1.54, 1.807) is 55.0 Å². The standard InChI is InChI=1S/C22H15Cl2N3O3/c23-16-5-4-14(11-17(16)24)20(28)18-19(13-6-9-25-10-7-13)27(22(30)21(18)29)12-15-3-1-2-8-26-15/h1-11,19,28H,12H2/b20-18-. The van der Waals surface area contributed by atoms with Gasteiger partial charge in [-0.15, -0.1) is 0 Å². The van der Waals surface area contributed by atoms with Crippen molar-refractivity contribution in [1.82, 2.24) is 14.9 Å². The number of rotatable bonds is 4. The minimum absolute atomic E-state index is 0.0273. The second-order valence-corrected chi connectivity index (χ2v) is 7.47. The molecular weight excluding hydrogens is 425 g/mol. The molecule has 1 aliphatic rings. The summed E-state index contributed by atoms with van der Waals surface area (Å²) in [5, 5.41) is 11.5. The molecule has 1 amide bonds. The molecule has 0 bridgehead atoms. The van der Waals surface area contributed by atoms with Gasteiger partial charge in [0.15, 0.2) is 0 Å². The number of hydrogen-bond acceptors (Lipinski definition) is 5. The molecule has 0 spiro atoms. The Labute approximate surface area is 182 Å². The van der Waals surface area contributed by atoms with Crippen molar-refractivity contribution < 1.29 is 14.7 Å². The van der Waals surface area contributed by atoms with E-state index in [4.69, 9.17) is 23.2 Å². The van der Waals surface area contributed by atoms with Crippen LogP contribution in [0.3, 0.4) is 0 Å². The van der Waals surface area contributed by atoms with Gasteiger partial charge in [0.25, 0.3) is 11.7 Å². The monoisotopic (exact) mass is 439 g/mol. The zero-order chi connectivity index (χ0) is 21.3. The Morgan fingerprint density at radius 1 is 1.00 bits per heavy atom. The van der Waals surface area contributed by atoms with Crippen LogP contribution in [0.15, 0.2) is 72.7 Å². The predicted molar refractivity (Wildman–Crippen MR) is 113 cm³/mol. The van der Waals surface area contributed by atoms with Crippen LogP contribution in [-0.4, -0.2) is 31.7 Å². The smallest absolute Gasteiger partial charge is 0.296 e. The lowest BCUT2D eigenvalue weighted by Gasteiger charge is -2.25. The summed E-state index contributed by atoms with van der Waals surface area (Å²) >= 11 is 12.0. The van der Waals surface area contributed by atoms with E-state index in [2.05, 4.69) is 9.97 Å². The number of aliphatic hydroxyl groups is 1. The molecule has 1 atom stereocenters. The number of benzene rings is 1. The fourth-order valence-corrected chi connectivity index (χ4v) is 3.70. The van der Waals surface area contributed by atoms with Crippen molar-refractivity contribution in [1.29, 1.82) is 0 Å². The van der Waals surface area contributed by atoms with E-state index in [1.165, 1.54) is 17.0 Å². The number of carbonyl (C=O) groups excluding carboxylic acids is 2. The van der Waals surface area contributed by atoms with Crippen molar-refractivity contribution >= 4 is 40.7 Å². The highest BCUT2D eigenvalue weighted by Gasteiger charge is 2.46. The molecule has 4 rings (SSSR count). The van der Waals surface area contributed by atoms with Gasteiger partial charge in [-0.05, 0) is 48.0 Å². The minimum atomic E-state index is -0.801. The van der Waals surface area contributed by atoms with E-state index in [0.717, 1.165) is 0 Å². The molecule has 150 valence electrons. The molecular formula is C22H15Cl2N3O3. The van der Waals surface area contributed by atoms with E-state index < -0.39 is 17.7 Å². The molecule has 8 heteroatoms. The summed E-state index contributed by atoms with van der Waals surface area (Å²) in [5.41, 5.74) is 1.52. The van der Waals surface area contributed by atoms with E-state index in [0.29, 0.717) is 21.8 Å². The third-order valence-corrected chi connectivity index (χ3v) is 5.55. The molecule has 0 saturated carbocycles. The van der Waals surface area contributed by atoms with Crippen LogP contribution in [0.1, 0.15) is 22.9 Å². The lowest BCUT2D eigenvalue weighted by molar-refractivity contribution is -0.140. The van der Waals surface area contributed by atoms with E-state index >= 15 is 0 Å². The SMILES string of the molecule is O=C1C(=O)N(Cc2ccccn2)C(c2ccncc2)/C1=C(/O)c1ccc(Cl)c(Cl)c1. The molecule has 6 nitrogen and oxygen atoms in total. The first kappa shape index (κ1) is 20.1. The summed E-state index contributed by atoms with van der Waals surface area (Å²) in [5.74, 6) is -1.82. The van der Waals surface area contributed by atoms with Gasteiger partial charge in [-0.2, -0.15) is 0 Å². The number of amides is 1. The molecule has 3 heterocycles. The van der Waals surface area contributed by atoms with Crippen molar-refractivity contribution in [2.24, 2.45) is 0 Å². The number of carbonyl (C=O) groups is 2. The van der Waals surface area contributed by atoms with Gasteiger partial charge < -0.3 is 10.0 Å². The molecule has 1 aromatic carbocycles. The molecule has 1 aliphatic heterocycles. The van der Waals surface area contributed by atoms with Crippen LogP contribution in [0.25, 0.3) is 5.76 Å². The molecule has 2 aromatic heterocycles. The average Bonchev–Trinajstić information content (AvgIpc) is 3.01. The zero-order valence-corrected chi connectivity index (χ0v) is 17.0. The fourth-order valence-electron chi connectivity index (χ4n) is 3.40. The van der Waals surface area contributed by atoms with Crippen molar-refractivity contribution in [3.8, 4) is 0 Å². The Morgan fingerprint density at radius 2 is 1.77 bits per heavy atom. The number of likely N-dealkylation sites (tertiary alicyclic amines) is 1. The summed E-state index contributed by atoms with van der Waals surface area (Å²) in [6, 6.07) is 12.4. The van der Waals surface area contributed by atoms with Gasteiger partial charge in [-0.3, -0.25) is 19.6 Å². The number of aromatic nitrogens is 2. The largest absolute Gasteiger partial charge is 0.507 e. The highest BCUT2D eigenvalue weighted by atomic mass is 35.5. The van der Waals surface area contributed by atoms with Crippen molar-refractivity contribution in [3.05, 3.63) is 99.6 Å². The molecule has 1 unspecified atom stereocenters. The highest BCUT2D eigenvalue weighted by molar-refractivity contribution is 6.46. The Morgan fingerprint density at radius 3 is 2.43 bits per heavy atom. The first-order valence-corrected chi connectivity index (χ1v) is 9.76. The maximum absolute atomic E-state index is 13.0. The van der Waals surface area contributed by atoms with E-state index in [-0.39, 0.29) is 22.9 Å². The quantitative estimate of drug-likeness (QED) is 0.369. The number of hydrogen-bond donors (Lipinski definition) is 1. The maximum Gasteiger partial charge on any atom is 0.296 e. The summed E-state index contributed by atoms with van der Waals surface area (Å²) in [6.45, 7) is 0.108. The molecule has 1 fully saturated rings. The molecule has 0 aliphatic carbocycles. The van der Waals surface area contributed by atoms with Gasteiger partial charge in [0, 0.05) is 24.2 Å². The predicted octanol–water partition coefficient (Wildman–Crippen LogP) is 4.41. The second-order valence-electron chi connectivity index (χ2n) is 6.66. The van der Waals surface area contributed by atoms with Crippen molar-refractivity contribution in [2.45, 2.75) is 12.6 Å². The van der Waals surface area contributed by atoms with Gasteiger partial charge in [0.05, 0.1) is 33.9 Å². The molecule has 1 saturated heterocycles. The number of Topliss-reactive ketones (excluding diaryl/α,β-unsaturated/α-hetero) is 1. The Bertz CT molecular complexity index is 1150. The number of pyridine rings is 2. The Hall–Kier alpha value is -3.22. The van der Waals surface area contributed by atoms with Crippen LogP contribution in [0, 0.1) is 0 Å².